The summed E-state index contributed by atoms with van der Waals surface area (Å²) >= 11 is 0. The molecule has 0 radical (unpaired) electrons. The monoisotopic (exact) mass is 251 g/mol. The predicted octanol–water partition coefficient (Wildman–Crippen LogP) is -0.794. The standard InChI is InChI=1S/C11H13N3O4/c12-10(17)11(18)3-4-14(6-11)8-2-1-7(5-13-8)9(15)16/h1-2,5,18H,3-4,6H2,(H2,12,17)(H,15,16). The molecule has 1 unspecified atom stereocenters. The van der Waals surface area contributed by atoms with Crippen LogP contribution in [0.5, 0.6) is 0 Å². The quantitative estimate of drug-likeness (QED) is 0.648. The Kier molecular flexibility index (Phi) is 2.92. The van der Waals surface area contributed by atoms with Crippen molar-refractivity contribution in [3.63, 3.8) is 0 Å². The average molecular weight is 251 g/mol. The third-order valence-electron chi connectivity index (χ3n) is 3.03. The van der Waals surface area contributed by atoms with Crippen molar-refractivity contribution < 1.29 is 19.8 Å². The van der Waals surface area contributed by atoms with Crippen LogP contribution in [-0.2, 0) is 4.79 Å². The minimum Gasteiger partial charge on any atom is -0.478 e. The number of aromatic carboxylic acids is 1. The highest BCUT2D eigenvalue weighted by molar-refractivity contribution is 5.87. The van der Waals surface area contributed by atoms with Gasteiger partial charge in [-0.1, -0.05) is 0 Å². The highest BCUT2D eigenvalue weighted by Gasteiger charge is 2.41. The van der Waals surface area contributed by atoms with E-state index in [4.69, 9.17) is 10.8 Å². The number of carbonyl (C=O) groups excluding carboxylic acids is 1. The van der Waals surface area contributed by atoms with Gasteiger partial charge in [0, 0.05) is 19.2 Å². The fourth-order valence-corrected chi connectivity index (χ4v) is 1.89. The summed E-state index contributed by atoms with van der Waals surface area (Å²) in [6.45, 7) is 0.514. The summed E-state index contributed by atoms with van der Waals surface area (Å²) in [4.78, 5) is 27.4. The van der Waals surface area contributed by atoms with Crippen molar-refractivity contribution in [2.24, 2.45) is 5.73 Å². The van der Waals surface area contributed by atoms with Gasteiger partial charge in [0.15, 0.2) is 5.60 Å². The third-order valence-corrected chi connectivity index (χ3v) is 3.03. The number of carbonyl (C=O) groups is 2. The van der Waals surface area contributed by atoms with Gasteiger partial charge in [0.05, 0.1) is 12.1 Å². The van der Waals surface area contributed by atoms with Crippen LogP contribution in [0.3, 0.4) is 0 Å². The molecular weight excluding hydrogens is 238 g/mol. The Morgan fingerprint density at radius 3 is 2.61 bits per heavy atom. The molecule has 1 aliphatic heterocycles. The molecule has 0 aromatic carbocycles. The van der Waals surface area contributed by atoms with E-state index in [2.05, 4.69) is 4.98 Å². The SMILES string of the molecule is NC(=O)C1(O)CCN(c2ccc(C(=O)O)cn2)C1. The smallest absolute Gasteiger partial charge is 0.337 e. The lowest BCUT2D eigenvalue weighted by atomic mass is 10.0. The molecule has 7 nitrogen and oxygen atoms in total. The Bertz CT molecular complexity index is 488. The zero-order valence-corrected chi connectivity index (χ0v) is 9.54. The molecule has 0 bridgehead atoms. The summed E-state index contributed by atoms with van der Waals surface area (Å²) in [6, 6.07) is 2.96. The number of β-amino-alcohol motifs (C(OH)–C–C–N with tert-alkyl or cyclic N) is 1. The molecule has 0 saturated carbocycles. The van der Waals surface area contributed by atoms with Crippen molar-refractivity contribution >= 4 is 17.7 Å². The first-order valence-electron chi connectivity index (χ1n) is 5.39. The molecule has 18 heavy (non-hydrogen) atoms. The number of nitrogens with two attached hydrogens (primary N) is 1. The number of carboxylic acids is 1. The van der Waals surface area contributed by atoms with Crippen molar-refractivity contribution in [2.75, 3.05) is 18.0 Å². The maximum atomic E-state index is 11.1. The van der Waals surface area contributed by atoms with E-state index in [1.54, 1.807) is 4.90 Å². The molecule has 1 atom stereocenters. The second-order valence-electron chi connectivity index (χ2n) is 4.28. The highest BCUT2D eigenvalue weighted by Crippen LogP contribution is 2.25. The topological polar surface area (TPSA) is 117 Å². The third kappa shape index (κ3) is 2.12. The van der Waals surface area contributed by atoms with Crippen LogP contribution in [0.1, 0.15) is 16.8 Å². The predicted molar refractivity (Wildman–Crippen MR) is 62.2 cm³/mol. The lowest BCUT2D eigenvalue weighted by Crippen LogP contribution is -2.46. The number of nitrogens with zero attached hydrogens (tertiary/aromatic N) is 2. The molecule has 96 valence electrons. The zero-order valence-electron chi connectivity index (χ0n) is 9.54. The van der Waals surface area contributed by atoms with Crippen molar-refractivity contribution in [3.8, 4) is 0 Å². The molecule has 1 aliphatic rings. The van der Waals surface area contributed by atoms with Gasteiger partial charge in [-0.3, -0.25) is 4.79 Å². The fraction of sp³-hybridized carbons (Fsp3) is 0.364. The number of rotatable bonds is 3. The largest absolute Gasteiger partial charge is 0.478 e. The van der Waals surface area contributed by atoms with Crippen LogP contribution in [0.2, 0.25) is 0 Å². The van der Waals surface area contributed by atoms with E-state index in [-0.39, 0.29) is 18.5 Å². The lowest BCUT2D eigenvalue weighted by Gasteiger charge is -2.20. The normalized spacial score (nSPS) is 23.1. The highest BCUT2D eigenvalue weighted by atomic mass is 16.4. The molecule has 1 aromatic rings. The number of hydrogen-bond acceptors (Lipinski definition) is 5. The van der Waals surface area contributed by atoms with Gasteiger partial charge in [-0.15, -0.1) is 0 Å². The van der Waals surface area contributed by atoms with Crippen LogP contribution < -0.4 is 10.6 Å². The second-order valence-corrected chi connectivity index (χ2v) is 4.28. The maximum absolute atomic E-state index is 11.1. The van der Waals surface area contributed by atoms with Gasteiger partial charge in [-0.2, -0.15) is 0 Å². The van der Waals surface area contributed by atoms with Gasteiger partial charge in [-0.25, -0.2) is 9.78 Å². The van der Waals surface area contributed by atoms with Gasteiger partial charge in [0.2, 0.25) is 0 Å². The molecule has 2 heterocycles. The first-order chi connectivity index (χ1) is 8.42. The minimum absolute atomic E-state index is 0.0712. The Labute approximate surface area is 103 Å². The summed E-state index contributed by atoms with van der Waals surface area (Å²) in [5, 5.41) is 18.6. The Hall–Kier alpha value is -2.15. The van der Waals surface area contributed by atoms with Crippen LogP contribution in [-0.4, -0.2) is 45.8 Å². The summed E-state index contributed by atoms with van der Waals surface area (Å²) in [5.41, 5.74) is 3.67. The molecule has 7 heteroatoms. The van der Waals surface area contributed by atoms with Gasteiger partial charge in [-0.05, 0) is 12.1 Å². The molecule has 2 rings (SSSR count). The van der Waals surface area contributed by atoms with Gasteiger partial charge in [0.1, 0.15) is 5.82 Å². The van der Waals surface area contributed by atoms with E-state index < -0.39 is 17.5 Å². The van der Waals surface area contributed by atoms with E-state index >= 15 is 0 Å². The molecule has 1 fully saturated rings. The molecule has 4 N–H and O–H groups in total. The zero-order chi connectivity index (χ0) is 13.3. The van der Waals surface area contributed by atoms with Gasteiger partial charge in [0.25, 0.3) is 5.91 Å². The Morgan fingerprint density at radius 1 is 1.44 bits per heavy atom. The van der Waals surface area contributed by atoms with Gasteiger partial charge >= 0.3 is 5.97 Å². The van der Waals surface area contributed by atoms with Crippen LogP contribution in [0.15, 0.2) is 18.3 Å². The average Bonchev–Trinajstić information content (AvgIpc) is 2.73. The van der Waals surface area contributed by atoms with E-state index in [0.717, 1.165) is 0 Å². The first kappa shape index (κ1) is 12.3. The van der Waals surface area contributed by atoms with Crippen molar-refractivity contribution in [3.05, 3.63) is 23.9 Å². The second kappa shape index (κ2) is 4.26. The number of hydrogen-bond donors (Lipinski definition) is 3. The fourth-order valence-electron chi connectivity index (χ4n) is 1.89. The summed E-state index contributed by atoms with van der Waals surface area (Å²) in [7, 11) is 0. The minimum atomic E-state index is -1.53. The molecular formula is C11H13N3O4. The lowest BCUT2D eigenvalue weighted by molar-refractivity contribution is -0.134. The van der Waals surface area contributed by atoms with Crippen LogP contribution in [0.4, 0.5) is 5.82 Å². The molecule has 1 amide bonds. The number of amides is 1. The Balaban J connectivity index is 2.15. The number of aromatic nitrogens is 1. The molecule has 0 spiro atoms. The molecule has 1 saturated heterocycles. The Morgan fingerprint density at radius 2 is 2.17 bits per heavy atom. The van der Waals surface area contributed by atoms with Gasteiger partial charge < -0.3 is 20.8 Å². The number of aliphatic hydroxyl groups is 1. The number of primary amides is 1. The summed E-state index contributed by atoms with van der Waals surface area (Å²) in [6.07, 6.45) is 1.48. The van der Waals surface area contributed by atoms with Crippen molar-refractivity contribution in [1.29, 1.82) is 0 Å². The van der Waals surface area contributed by atoms with Crippen LogP contribution in [0.25, 0.3) is 0 Å². The number of pyridine rings is 1. The van der Waals surface area contributed by atoms with E-state index in [9.17, 15) is 14.7 Å². The van der Waals surface area contributed by atoms with Crippen LogP contribution in [0, 0.1) is 0 Å². The van der Waals surface area contributed by atoms with Crippen molar-refractivity contribution in [1.82, 2.24) is 4.98 Å². The molecule has 0 aliphatic carbocycles. The van der Waals surface area contributed by atoms with Crippen molar-refractivity contribution in [2.45, 2.75) is 12.0 Å². The van der Waals surface area contributed by atoms with E-state index in [1.165, 1.54) is 18.3 Å². The summed E-state index contributed by atoms with van der Waals surface area (Å²) in [5.74, 6) is -1.30. The van der Waals surface area contributed by atoms with Crippen LogP contribution >= 0.6 is 0 Å². The first-order valence-corrected chi connectivity index (χ1v) is 5.39. The summed E-state index contributed by atoms with van der Waals surface area (Å²) < 4.78 is 0. The molecule has 1 aromatic heterocycles. The maximum Gasteiger partial charge on any atom is 0.337 e. The number of anilines is 1. The number of carboxylic acid groups (broad SMARTS) is 1. The van der Waals surface area contributed by atoms with E-state index in [0.29, 0.717) is 12.4 Å². The van der Waals surface area contributed by atoms with E-state index in [1.807, 2.05) is 0 Å².